The fraction of sp³-hybridized carbons (Fsp3) is 0.364. The Balaban J connectivity index is 1.51. The van der Waals surface area contributed by atoms with E-state index in [2.05, 4.69) is 49.1 Å². The van der Waals surface area contributed by atoms with Crippen LogP contribution in [0, 0.1) is 23.2 Å². The minimum atomic E-state index is -0.0408. The van der Waals surface area contributed by atoms with Crippen LogP contribution in [0.4, 0.5) is 17.5 Å². The van der Waals surface area contributed by atoms with Crippen LogP contribution >= 0.6 is 0 Å². The summed E-state index contributed by atoms with van der Waals surface area (Å²) < 4.78 is 0. The van der Waals surface area contributed by atoms with E-state index in [4.69, 9.17) is 5.26 Å². The lowest BCUT2D eigenvalue weighted by Gasteiger charge is -2.10. The van der Waals surface area contributed by atoms with E-state index in [1.165, 1.54) is 0 Å². The Hall–Kier alpha value is -3.62. The van der Waals surface area contributed by atoms with Crippen molar-refractivity contribution in [1.29, 1.82) is 5.26 Å². The van der Waals surface area contributed by atoms with Crippen LogP contribution in [0.3, 0.4) is 0 Å². The third kappa shape index (κ3) is 5.94. The topological polar surface area (TPSA) is 115 Å². The van der Waals surface area contributed by atoms with Crippen molar-refractivity contribution < 1.29 is 4.79 Å². The summed E-state index contributed by atoms with van der Waals surface area (Å²) in [6.45, 7) is 1.53. The number of benzene rings is 1. The molecule has 1 aliphatic heterocycles. The molecule has 1 aromatic heterocycles. The largest absolute Gasteiger partial charge is 0.372 e. The second kappa shape index (κ2) is 10.8. The zero-order valence-electron chi connectivity index (χ0n) is 17.0. The van der Waals surface area contributed by atoms with E-state index in [-0.39, 0.29) is 11.9 Å². The lowest BCUT2D eigenvalue weighted by Crippen LogP contribution is -2.40. The first-order valence-corrected chi connectivity index (χ1v) is 10.0. The van der Waals surface area contributed by atoms with Gasteiger partial charge in [-0.05, 0) is 44.0 Å². The molecule has 1 fully saturated rings. The second-order valence-electron chi connectivity index (χ2n) is 6.87. The molecule has 1 amide bonds. The number of hydrogen-bond acceptors (Lipinski definition) is 7. The van der Waals surface area contributed by atoms with E-state index < -0.39 is 0 Å². The molecule has 1 saturated heterocycles. The quantitative estimate of drug-likeness (QED) is 0.414. The third-order valence-electron chi connectivity index (χ3n) is 4.65. The number of nitrogens with zero attached hydrogens (tertiary/aromatic N) is 3. The van der Waals surface area contributed by atoms with E-state index in [9.17, 15) is 4.79 Å². The molecule has 2 aromatic rings. The number of carbonyl (C=O) groups is 1. The smallest absolute Gasteiger partial charge is 0.237 e. The highest BCUT2D eigenvalue weighted by Gasteiger charge is 2.20. The van der Waals surface area contributed by atoms with Crippen LogP contribution in [0.1, 0.15) is 36.8 Å². The monoisotopic (exact) mass is 403 g/mol. The molecular formula is C22H25N7O. The summed E-state index contributed by atoms with van der Waals surface area (Å²) in [6.07, 6.45) is 5.08. The third-order valence-corrected chi connectivity index (χ3v) is 4.65. The van der Waals surface area contributed by atoms with Crippen LogP contribution in [0.15, 0.2) is 30.5 Å². The molecule has 8 heteroatoms. The number of nitriles is 1. The molecule has 4 N–H and O–H groups in total. The van der Waals surface area contributed by atoms with Crippen LogP contribution < -0.4 is 21.3 Å². The number of amides is 1. The number of carbonyl (C=O) groups excluding carboxylic acids is 1. The van der Waals surface area contributed by atoms with Crippen LogP contribution in [-0.2, 0) is 4.79 Å². The maximum atomic E-state index is 11.9. The highest BCUT2D eigenvalue weighted by Crippen LogP contribution is 2.17. The Morgan fingerprint density at radius 1 is 1.40 bits per heavy atom. The molecule has 8 nitrogen and oxygen atoms in total. The molecule has 0 unspecified atom stereocenters. The highest BCUT2D eigenvalue weighted by molar-refractivity contribution is 5.81. The molecule has 2 heterocycles. The molecule has 1 aliphatic rings. The zero-order valence-corrected chi connectivity index (χ0v) is 17.0. The Morgan fingerprint density at radius 3 is 3.07 bits per heavy atom. The van der Waals surface area contributed by atoms with Crippen molar-refractivity contribution in [3.8, 4) is 17.9 Å². The Labute approximate surface area is 176 Å². The summed E-state index contributed by atoms with van der Waals surface area (Å²) in [5, 5.41) is 21.3. The molecule has 0 radical (unpaired) electrons. The van der Waals surface area contributed by atoms with Gasteiger partial charge in [-0.25, -0.2) is 4.98 Å². The number of rotatable bonds is 7. The van der Waals surface area contributed by atoms with Gasteiger partial charge in [-0.1, -0.05) is 17.9 Å². The standard InChI is InChI=1S/C22H25N7O/c1-24-20-17(8-3-2-4-11-26-21(30)19-10-6-12-25-19)15-27-22(29-20)28-18-9-5-7-16(13-18)14-23/h5,7,9,13,15,19,25H,2,4,6,10-12H2,1H3,(H,26,30)(H2,24,27,28,29)/t19-/m0/s1. The van der Waals surface area contributed by atoms with Gasteiger partial charge >= 0.3 is 0 Å². The number of aromatic nitrogens is 2. The predicted octanol–water partition coefficient (Wildman–Crippen LogP) is 2.13. The summed E-state index contributed by atoms with van der Waals surface area (Å²) in [5.41, 5.74) is 2.00. The molecule has 3 rings (SSSR count). The fourth-order valence-corrected chi connectivity index (χ4v) is 3.10. The minimum absolute atomic E-state index is 0.0408. The Bertz CT molecular complexity index is 981. The molecule has 0 bridgehead atoms. The number of hydrogen-bond donors (Lipinski definition) is 4. The van der Waals surface area contributed by atoms with E-state index in [1.807, 2.05) is 6.07 Å². The molecule has 0 aliphatic carbocycles. The number of unbranched alkanes of at least 4 members (excludes halogenated alkanes) is 1. The van der Waals surface area contributed by atoms with Crippen molar-refractivity contribution >= 4 is 23.4 Å². The first-order chi connectivity index (χ1) is 14.7. The Kier molecular flexibility index (Phi) is 7.59. The fourth-order valence-electron chi connectivity index (χ4n) is 3.10. The van der Waals surface area contributed by atoms with Gasteiger partial charge in [-0.2, -0.15) is 10.2 Å². The first-order valence-electron chi connectivity index (χ1n) is 10.0. The predicted molar refractivity (Wildman–Crippen MR) is 116 cm³/mol. The van der Waals surface area contributed by atoms with Crippen molar-refractivity contribution in [2.75, 3.05) is 30.8 Å². The van der Waals surface area contributed by atoms with Crippen molar-refractivity contribution in [1.82, 2.24) is 20.6 Å². The summed E-state index contributed by atoms with van der Waals surface area (Å²) in [7, 11) is 1.78. The van der Waals surface area contributed by atoms with Crippen LogP contribution in [-0.4, -0.2) is 42.1 Å². The highest BCUT2D eigenvalue weighted by atomic mass is 16.2. The average molecular weight is 403 g/mol. The second-order valence-corrected chi connectivity index (χ2v) is 6.87. The summed E-state index contributed by atoms with van der Waals surface area (Å²) in [5.74, 6) is 7.31. The SMILES string of the molecule is CNc1nc(Nc2cccc(C#N)c2)ncc1C#CCCCNC(=O)[C@@H]1CCCN1. The van der Waals surface area contributed by atoms with Gasteiger partial charge in [0.1, 0.15) is 5.82 Å². The maximum absolute atomic E-state index is 11.9. The molecule has 1 aromatic carbocycles. The summed E-state index contributed by atoms with van der Waals surface area (Å²) in [6, 6.07) is 9.18. The Morgan fingerprint density at radius 2 is 2.30 bits per heavy atom. The molecule has 30 heavy (non-hydrogen) atoms. The molecular weight excluding hydrogens is 378 g/mol. The average Bonchev–Trinajstić information content (AvgIpc) is 3.32. The normalized spacial score (nSPS) is 14.9. The summed E-state index contributed by atoms with van der Waals surface area (Å²) >= 11 is 0. The van der Waals surface area contributed by atoms with E-state index >= 15 is 0 Å². The van der Waals surface area contributed by atoms with E-state index in [0.717, 1.165) is 31.5 Å². The summed E-state index contributed by atoms with van der Waals surface area (Å²) in [4.78, 5) is 20.7. The van der Waals surface area contributed by atoms with Gasteiger partial charge in [-0.15, -0.1) is 0 Å². The first kappa shape index (κ1) is 21.1. The molecule has 154 valence electrons. The van der Waals surface area contributed by atoms with Gasteiger partial charge in [-0.3, -0.25) is 4.79 Å². The van der Waals surface area contributed by atoms with Gasteiger partial charge in [0.2, 0.25) is 11.9 Å². The molecule has 0 saturated carbocycles. The van der Waals surface area contributed by atoms with Crippen LogP contribution in [0.5, 0.6) is 0 Å². The van der Waals surface area contributed by atoms with E-state index in [0.29, 0.717) is 35.9 Å². The van der Waals surface area contributed by atoms with Gasteiger partial charge in [0.05, 0.1) is 29.4 Å². The maximum Gasteiger partial charge on any atom is 0.237 e. The number of nitrogens with one attached hydrogen (secondary N) is 4. The van der Waals surface area contributed by atoms with Gasteiger partial charge in [0.15, 0.2) is 0 Å². The lowest BCUT2D eigenvalue weighted by atomic mass is 10.2. The molecule has 1 atom stereocenters. The van der Waals surface area contributed by atoms with Crippen molar-refractivity contribution in [3.63, 3.8) is 0 Å². The van der Waals surface area contributed by atoms with Crippen molar-refractivity contribution in [2.24, 2.45) is 0 Å². The van der Waals surface area contributed by atoms with Crippen LogP contribution in [0.2, 0.25) is 0 Å². The van der Waals surface area contributed by atoms with Gasteiger partial charge in [0, 0.05) is 25.7 Å². The number of anilines is 3. The minimum Gasteiger partial charge on any atom is -0.372 e. The van der Waals surface area contributed by atoms with Gasteiger partial charge < -0.3 is 21.3 Å². The lowest BCUT2D eigenvalue weighted by molar-refractivity contribution is -0.122. The van der Waals surface area contributed by atoms with Crippen molar-refractivity contribution in [3.05, 3.63) is 41.6 Å². The van der Waals surface area contributed by atoms with Gasteiger partial charge in [0.25, 0.3) is 0 Å². The zero-order chi connectivity index (χ0) is 21.2. The van der Waals surface area contributed by atoms with Crippen LogP contribution in [0.25, 0.3) is 0 Å². The van der Waals surface area contributed by atoms with Crippen molar-refractivity contribution in [2.45, 2.75) is 31.7 Å². The molecule has 0 spiro atoms. The van der Waals surface area contributed by atoms with E-state index in [1.54, 1.807) is 31.4 Å².